The minimum atomic E-state index is -4.07. The summed E-state index contributed by atoms with van der Waals surface area (Å²) in [5.41, 5.74) is 0. The summed E-state index contributed by atoms with van der Waals surface area (Å²) in [6.45, 7) is 2.30. The first-order chi connectivity index (χ1) is 7.12. The van der Waals surface area contributed by atoms with Crippen LogP contribution in [0.25, 0.3) is 0 Å². The number of hydrogen-bond acceptors (Lipinski definition) is 4. The molecule has 0 aliphatic heterocycles. The third-order valence-electron chi connectivity index (χ3n) is 1.71. The standard InChI is InChI=1S/C10H19O4P/c1-3-5-7-8-10-14-15(11,12)13-9-6-4-2/h1H,4-10H2,2H3,(H,11,12)/p-1. The van der Waals surface area contributed by atoms with Gasteiger partial charge in [0.1, 0.15) is 0 Å². The zero-order valence-electron chi connectivity index (χ0n) is 9.11. The minimum absolute atomic E-state index is 0.147. The van der Waals surface area contributed by atoms with Crippen LogP contribution in [0.2, 0.25) is 0 Å². The van der Waals surface area contributed by atoms with Crippen molar-refractivity contribution in [1.82, 2.24) is 0 Å². The molecule has 0 amide bonds. The monoisotopic (exact) mass is 233 g/mol. The Balaban J connectivity index is 3.48. The van der Waals surface area contributed by atoms with Gasteiger partial charge in [-0.05, 0) is 19.3 Å². The first-order valence-corrected chi connectivity index (χ1v) is 6.62. The molecule has 0 aliphatic rings. The number of hydrogen-bond donors (Lipinski definition) is 0. The summed E-state index contributed by atoms with van der Waals surface area (Å²) in [6.07, 6.45) is 8.70. The lowest BCUT2D eigenvalue weighted by Gasteiger charge is -2.22. The van der Waals surface area contributed by atoms with Crippen molar-refractivity contribution >= 4 is 7.82 Å². The molecule has 0 radical (unpaired) electrons. The fraction of sp³-hybridized carbons (Fsp3) is 0.800. The van der Waals surface area contributed by atoms with Crippen molar-refractivity contribution in [3.05, 3.63) is 0 Å². The van der Waals surface area contributed by atoms with Gasteiger partial charge >= 0.3 is 0 Å². The van der Waals surface area contributed by atoms with Crippen LogP contribution in [0.3, 0.4) is 0 Å². The van der Waals surface area contributed by atoms with E-state index < -0.39 is 7.82 Å². The van der Waals surface area contributed by atoms with Crippen molar-refractivity contribution in [2.24, 2.45) is 0 Å². The number of unbranched alkanes of at least 4 members (excludes halogenated alkanes) is 3. The molecule has 0 aromatic carbocycles. The second kappa shape index (κ2) is 8.94. The first-order valence-electron chi connectivity index (χ1n) is 5.16. The third-order valence-corrected chi connectivity index (χ3v) is 2.71. The SMILES string of the molecule is C#CCCCCOP(=O)([O-])OCCCC. The van der Waals surface area contributed by atoms with E-state index >= 15 is 0 Å². The maximum atomic E-state index is 11.1. The number of phosphoric acid groups is 1. The lowest BCUT2D eigenvalue weighted by Crippen LogP contribution is -2.09. The van der Waals surface area contributed by atoms with Gasteiger partial charge in [-0.15, -0.1) is 12.3 Å². The first kappa shape index (κ1) is 14.7. The maximum Gasteiger partial charge on any atom is 0.267 e. The molecule has 0 aromatic heterocycles. The molecule has 0 N–H and O–H groups in total. The van der Waals surface area contributed by atoms with Crippen LogP contribution >= 0.6 is 7.82 Å². The Hall–Kier alpha value is -0.330. The summed E-state index contributed by atoms with van der Waals surface area (Å²) in [4.78, 5) is 11.1. The van der Waals surface area contributed by atoms with Gasteiger partial charge in [0.25, 0.3) is 7.82 Å². The molecule has 0 saturated carbocycles. The Bertz CT molecular complexity index is 234. The van der Waals surface area contributed by atoms with Crippen LogP contribution in [-0.2, 0) is 13.6 Å². The van der Waals surface area contributed by atoms with E-state index in [0.717, 1.165) is 12.8 Å². The smallest absolute Gasteiger partial charge is 0.267 e. The molecule has 4 nitrogen and oxygen atoms in total. The van der Waals surface area contributed by atoms with Crippen LogP contribution in [0.15, 0.2) is 0 Å². The summed E-state index contributed by atoms with van der Waals surface area (Å²) in [5, 5.41) is 0. The molecule has 0 rings (SSSR count). The van der Waals surface area contributed by atoms with Gasteiger partial charge in [0.15, 0.2) is 0 Å². The van der Waals surface area contributed by atoms with Gasteiger partial charge in [-0.3, -0.25) is 4.57 Å². The second-order valence-corrected chi connectivity index (χ2v) is 4.54. The van der Waals surface area contributed by atoms with E-state index in [0.29, 0.717) is 19.3 Å². The Labute approximate surface area is 91.6 Å². The van der Waals surface area contributed by atoms with Gasteiger partial charge in [0.2, 0.25) is 0 Å². The second-order valence-electron chi connectivity index (χ2n) is 3.13. The average molecular weight is 233 g/mol. The van der Waals surface area contributed by atoms with E-state index in [-0.39, 0.29) is 13.2 Å². The predicted molar refractivity (Wildman–Crippen MR) is 57.1 cm³/mol. The maximum absolute atomic E-state index is 11.1. The van der Waals surface area contributed by atoms with Crippen LogP contribution in [0.4, 0.5) is 0 Å². The molecular formula is C10H18O4P-. The lowest BCUT2D eigenvalue weighted by molar-refractivity contribution is -0.225. The largest absolute Gasteiger partial charge is 0.756 e. The van der Waals surface area contributed by atoms with Gasteiger partial charge in [0.05, 0.1) is 13.2 Å². The van der Waals surface area contributed by atoms with Crippen molar-refractivity contribution in [3.63, 3.8) is 0 Å². The highest BCUT2D eigenvalue weighted by Crippen LogP contribution is 2.38. The highest BCUT2D eigenvalue weighted by atomic mass is 31.2. The van der Waals surface area contributed by atoms with E-state index in [1.807, 2.05) is 6.92 Å². The Morgan fingerprint density at radius 3 is 2.40 bits per heavy atom. The van der Waals surface area contributed by atoms with Gasteiger partial charge < -0.3 is 13.9 Å². The predicted octanol–water partition coefficient (Wildman–Crippen LogP) is 2.09. The molecular weight excluding hydrogens is 215 g/mol. The normalized spacial score (nSPS) is 14.5. The summed E-state index contributed by atoms with van der Waals surface area (Å²) in [6, 6.07) is 0. The lowest BCUT2D eigenvalue weighted by atomic mass is 10.2. The van der Waals surface area contributed by atoms with Crippen molar-refractivity contribution < 1.29 is 18.5 Å². The molecule has 5 heteroatoms. The number of phosphoric ester groups is 1. The quantitative estimate of drug-likeness (QED) is 0.347. The third kappa shape index (κ3) is 9.96. The Morgan fingerprint density at radius 1 is 1.27 bits per heavy atom. The summed E-state index contributed by atoms with van der Waals surface area (Å²) in [5.74, 6) is 2.47. The van der Waals surface area contributed by atoms with E-state index in [1.165, 1.54) is 0 Å². The number of rotatable bonds is 9. The fourth-order valence-corrected chi connectivity index (χ4v) is 1.64. The van der Waals surface area contributed by atoms with Gasteiger partial charge in [0, 0.05) is 6.42 Å². The van der Waals surface area contributed by atoms with E-state index in [1.54, 1.807) is 0 Å². The molecule has 88 valence electrons. The van der Waals surface area contributed by atoms with E-state index in [2.05, 4.69) is 15.0 Å². The Morgan fingerprint density at radius 2 is 1.87 bits per heavy atom. The molecule has 0 bridgehead atoms. The minimum Gasteiger partial charge on any atom is -0.756 e. The Kier molecular flexibility index (Phi) is 8.74. The molecule has 1 unspecified atom stereocenters. The highest BCUT2D eigenvalue weighted by molar-refractivity contribution is 7.45. The molecule has 15 heavy (non-hydrogen) atoms. The topological polar surface area (TPSA) is 58.6 Å². The van der Waals surface area contributed by atoms with Crippen LogP contribution in [0.1, 0.15) is 39.0 Å². The van der Waals surface area contributed by atoms with Gasteiger partial charge in [-0.2, -0.15) is 0 Å². The zero-order chi connectivity index (χ0) is 11.6. The van der Waals surface area contributed by atoms with Crippen molar-refractivity contribution in [2.45, 2.75) is 39.0 Å². The fourth-order valence-electron chi connectivity index (χ4n) is 0.863. The molecule has 0 aliphatic carbocycles. The molecule has 0 fully saturated rings. The number of terminal acetylenes is 1. The summed E-state index contributed by atoms with van der Waals surface area (Å²) >= 11 is 0. The molecule has 0 saturated heterocycles. The molecule has 0 spiro atoms. The summed E-state index contributed by atoms with van der Waals surface area (Å²) in [7, 11) is -4.07. The van der Waals surface area contributed by atoms with E-state index in [4.69, 9.17) is 6.42 Å². The van der Waals surface area contributed by atoms with Crippen molar-refractivity contribution in [2.75, 3.05) is 13.2 Å². The van der Waals surface area contributed by atoms with Gasteiger partial charge in [-0.25, -0.2) is 0 Å². The van der Waals surface area contributed by atoms with E-state index in [9.17, 15) is 9.46 Å². The molecule has 0 aromatic rings. The van der Waals surface area contributed by atoms with Gasteiger partial charge in [-0.1, -0.05) is 13.3 Å². The van der Waals surface area contributed by atoms with Crippen LogP contribution in [-0.4, -0.2) is 13.2 Å². The van der Waals surface area contributed by atoms with Crippen LogP contribution < -0.4 is 4.89 Å². The molecule has 0 heterocycles. The van der Waals surface area contributed by atoms with Crippen molar-refractivity contribution in [1.29, 1.82) is 0 Å². The van der Waals surface area contributed by atoms with Crippen LogP contribution in [0, 0.1) is 12.3 Å². The van der Waals surface area contributed by atoms with Crippen LogP contribution in [0.5, 0.6) is 0 Å². The van der Waals surface area contributed by atoms with Crippen molar-refractivity contribution in [3.8, 4) is 12.3 Å². The zero-order valence-corrected chi connectivity index (χ0v) is 10.0. The molecule has 1 atom stereocenters. The average Bonchev–Trinajstić information content (AvgIpc) is 2.17. The highest BCUT2D eigenvalue weighted by Gasteiger charge is 2.07. The summed E-state index contributed by atoms with van der Waals surface area (Å²) < 4.78 is 20.3.